The van der Waals surface area contributed by atoms with E-state index >= 15 is 0 Å². The van der Waals surface area contributed by atoms with Gasteiger partial charge in [-0.1, -0.05) is 11.3 Å². The second kappa shape index (κ2) is 5.66. The van der Waals surface area contributed by atoms with Crippen molar-refractivity contribution in [2.45, 2.75) is 20.4 Å². The molecule has 0 saturated carbocycles. The molecule has 4 heterocycles. The van der Waals surface area contributed by atoms with Crippen LogP contribution >= 0.6 is 22.7 Å². The third-order valence-corrected chi connectivity index (χ3v) is 6.74. The molecule has 0 bridgehead atoms. The normalized spacial score (nSPS) is 17.5. The summed E-state index contributed by atoms with van der Waals surface area (Å²) < 4.78 is 1.73. The molecule has 3 aromatic rings. The van der Waals surface area contributed by atoms with E-state index < -0.39 is 0 Å². The molecule has 1 saturated heterocycles. The second-order valence-electron chi connectivity index (χ2n) is 6.31. The van der Waals surface area contributed by atoms with Gasteiger partial charge in [-0.2, -0.15) is 0 Å². The Bertz CT molecular complexity index is 931. The molecule has 1 aliphatic heterocycles. The van der Waals surface area contributed by atoms with Gasteiger partial charge in [-0.3, -0.25) is 14.1 Å². The lowest BCUT2D eigenvalue weighted by Crippen LogP contribution is -2.43. The highest BCUT2D eigenvalue weighted by molar-refractivity contribution is 7.19. The highest BCUT2D eigenvalue weighted by atomic mass is 32.1. The summed E-state index contributed by atoms with van der Waals surface area (Å²) in [6, 6.07) is 0. The van der Waals surface area contributed by atoms with Crippen LogP contribution in [0.15, 0.2) is 11.0 Å². The van der Waals surface area contributed by atoms with E-state index in [1.54, 1.807) is 27.1 Å². The molecule has 3 aromatic heterocycles. The van der Waals surface area contributed by atoms with Crippen molar-refractivity contribution in [3.05, 3.63) is 31.9 Å². The number of fused-ring (bicyclic) bond motifs is 2. The SMILES string of the molecule is Cc1sc2nc3sc(CN4CCN(C)CC4)cn3c(=O)c2c1C. The average molecular weight is 348 g/mol. The van der Waals surface area contributed by atoms with Gasteiger partial charge >= 0.3 is 0 Å². The minimum atomic E-state index is 0.0766. The lowest BCUT2D eigenvalue weighted by molar-refractivity contribution is 0.149. The molecule has 0 N–H and O–H groups in total. The molecular formula is C16H20N4OS2. The van der Waals surface area contributed by atoms with E-state index in [-0.39, 0.29) is 5.56 Å². The molecule has 1 aliphatic rings. The van der Waals surface area contributed by atoms with Crippen LogP contribution < -0.4 is 5.56 Å². The van der Waals surface area contributed by atoms with E-state index in [1.165, 1.54) is 9.75 Å². The fraction of sp³-hybridized carbons (Fsp3) is 0.500. The molecule has 5 nitrogen and oxygen atoms in total. The van der Waals surface area contributed by atoms with Gasteiger partial charge in [0.05, 0.1) is 5.39 Å². The van der Waals surface area contributed by atoms with Crippen LogP contribution in [0, 0.1) is 13.8 Å². The molecule has 0 aromatic carbocycles. The lowest BCUT2D eigenvalue weighted by Gasteiger charge is -2.31. The van der Waals surface area contributed by atoms with Crippen LogP contribution in [-0.4, -0.2) is 52.4 Å². The van der Waals surface area contributed by atoms with Gasteiger partial charge in [-0.25, -0.2) is 4.98 Å². The predicted molar refractivity (Wildman–Crippen MR) is 97.0 cm³/mol. The number of hydrogen-bond acceptors (Lipinski definition) is 6. The number of piperazine rings is 1. The largest absolute Gasteiger partial charge is 0.304 e. The highest BCUT2D eigenvalue weighted by Gasteiger charge is 2.18. The Morgan fingerprint density at radius 3 is 2.65 bits per heavy atom. The van der Waals surface area contributed by atoms with E-state index in [4.69, 9.17) is 4.98 Å². The summed E-state index contributed by atoms with van der Waals surface area (Å²) >= 11 is 3.26. The zero-order valence-electron chi connectivity index (χ0n) is 13.6. The lowest BCUT2D eigenvalue weighted by atomic mass is 10.2. The van der Waals surface area contributed by atoms with Crippen molar-refractivity contribution in [2.75, 3.05) is 33.2 Å². The van der Waals surface area contributed by atoms with Crippen molar-refractivity contribution < 1.29 is 0 Å². The van der Waals surface area contributed by atoms with E-state index in [0.29, 0.717) is 0 Å². The number of nitrogens with zero attached hydrogens (tertiary/aromatic N) is 4. The van der Waals surface area contributed by atoms with E-state index in [1.807, 2.05) is 13.1 Å². The maximum absolute atomic E-state index is 12.8. The zero-order valence-corrected chi connectivity index (χ0v) is 15.3. The van der Waals surface area contributed by atoms with Gasteiger partial charge in [0.15, 0.2) is 4.96 Å². The maximum atomic E-state index is 12.8. The van der Waals surface area contributed by atoms with Crippen LogP contribution in [0.3, 0.4) is 0 Å². The average Bonchev–Trinajstić information content (AvgIpc) is 3.04. The number of aryl methyl sites for hydroxylation is 2. The number of thiophene rings is 1. The molecule has 4 rings (SSSR count). The van der Waals surface area contributed by atoms with Gasteiger partial charge in [0, 0.05) is 48.7 Å². The molecule has 0 amide bonds. The van der Waals surface area contributed by atoms with Gasteiger partial charge in [0.2, 0.25) is 0 Å². The molecule has 0 radical (unpaired) electrons. The number of likely N-dealkylation sites (N-methyl/N-ethyl adjacent to an activating group) is 1. The maximum Gasteiger partial charge on any atom is 0.267 e. The number of rotatable bonds is 2. The zero-order chi connectivity index (χ0) is 16.1. The molecular weight excluding hydrogens is 328 g/mol. The van der Waals surface area contributed by atoms with Crippen LogP contribution in [0.25, 0.3) is 15.2 Å². The third-order valence-electron chi connectivity index (χ3n) is 4.67. The standard InChI is InChI=1S/C16H20N4OS2/c1-10-11(2)22-14-13(10)15(21)20-9-12(23-16(20)17-14)8-19-6-4-18(3)5-7-19/h9H,4-8H2,1-3H3. The Morgan fingerprint density at radius 2 is 1.91 bits per heavy atom. The van der Waals surface area contributed by atoms with Crippen LogP contribution in [0.5, 0.6) is 0 Å². The van der Waals surface area contributed by atoms with E-state index in [2.05, 4.69) is 23.8 Å². The summed E-state index contributed by atoms with van der Waals surface area (Å²) in [5.41, 5.74) is 1.15. The molecule has 0 aliphatic carbocycles. The van der Waals surface area contributed by atoms with Crippen molar-refractivity contribution >= 4 is 37.9 Å². The van der Waals surface area contributed by atoms with Gasteiger partial charge < -0.3 is 4.90 Å². The van der Waals surface area contributed by atoms with E-state index in [9.17, 15) is 4.79 Å². The Kier molecular flexibility index (Phi) is 3.76. The number of hydrogen-bond donors (Lipinski definition) is 0. The quantitative estimate of drug-likeness (QED) is 0.713. The third kappa shape index (κ3) is 2.61. The van der Waals surface area contributed by atoms with Crippen LogP contribution in [-0.2, 0) is 6.54 Å². The molecule has 1 fully saturated rings. The minimum absolute atomic E-state index is 0.0766. The predicted octanol–water partition coefficient (Wildman–Crippen LogP) is 2.33. The summed E-state index contributed by atoms with van der Waals surface area (Å²) in [6.07, 6.45) is 1.99. The summed E-state index contributed by atoms with van der Waals surface area (Å²) in [4.78, 5) is 26.4. The fourth-order valence-electron chi connectivity index (χ4n) is 3.06. The second-order valence-corrected chi connectivity index (χ2v) is 8.61. The summed E-state index contributed by atoms with van der Waals surface area (Å²) in [6.45, 7) is 9.36. The summed E-state index contributed by atoms with van der Waals surface area (Å²) in [5, 5.41) is 0.786. The van der Waals surface area contributed by atoms with Gasteiger partial charge in [-0.05, 0) is 26.5 Å². The first-order valence-corrected chi connectivity index (χ1v) is 9.48. The highest BCUT2D eigenvalue weighted by Crippen LogP contribution is 2.28. The van der Waals surface area contributed by atoms with Crippen molar-refractivity contribution in [2.24, 2.45) is 0 Å². The van der Waals surface area contributed by atoms with Crippen molar-refractivity contribution in [1.82, 2.24) is 19.2 Å². The van der Waals surface area contributed by atoms with Crippen LogP contribution in [0.2, 0.25) is 0 Å². The van der Waals surface area contributed by atoms with Crippen molar-refractivity contribution in [3.63, 3.8) is 0 Å². The molecule has 7 heteroatoms. The summed E-state index contributed by atoms with van der Waals surface area (Å²) in [5.74, 6) is 0. The number of aromatic nitrogens is 2. The molecule has 0 spiro atoms. The van der Waals surface area contributed by atoms with Gasteiger partial charge in [0.1, 0.15) is 4.83 Å². The molecule has 0 atom stereocenters. The minimum Gasteiger partial charge on any atom is -0.304 e. The van der Waals surface area contributed by atoms with Crippen LogP contribution in [0.4, 0.5) is 0 Å². The molecule has 122 valence electrons. The first kappa shape index (κ1) is 15.3. The Labute approximate surface area is 142 Å². The monoisotopic (exact) mass is 348 g/mol. The molecule has 0 unspecified atom stereocenters. The van der Waals surface area contributed by atoms with Gasteiger partial charge in [0.25, 0.3) is 5.56 Å². The Morgan fingerprint density at radius 1 is 1.17 bits per heavy atom. The summed E-state index contributed by atoms with van der Waals surface area (Å²) in [7, 11) is 2.16. The van der Waals surface area contributed by atoms with Crippen LogP contribution in [0.1, 0.15) is 15.3 Å². The first-order valence-electron chi connectivity index (χ1n) is 7.84. The Hall–Kier alpha value is -1.28. The van der Waals surface area contributed by atoms with E-state index in [0.717, 1.165) is 53.5 Å². The van der Waals surface area contributed by atoms with Gasteiger partial charge in [-0.15, -0.1) is 11.3 Å². The van der Waals surface area contributed by atoms with Crippen molar-refractivity contribution in [3.8, 4) is 0 Å². The smallest absolute Gasteiger partial charge is 0.267 e. The van der Waals surface area contributed by atoms with Crippen molar-refractivity contribution in [1.29, 1.82) is 0 Å². The topological polar surface area (TPSA) is 40.9 Å². The first-order chi connectivity index (χ1) is 11.0. The fourth-order valence-corrected chi connectivity index (χ4v) is 5.15. The number of thiazole rings is 1. The molecule has 23 heavy (non-hydrogen) atoms. The Balaban J connectivity index is 1.72.